The van der Waals surface area contributed by atoms with Crippen molar-refractivity contribution in [1.82, 2.24) is 0 Å². The lowest BCUT2D eigenvalue weighted by Crippen LogP contribution is -2.23. The Morgan fingerprint density at radius 1 is 1.40 bits per heavy atom. The molecule has 1 atom stereocenters. The van der Waals surface area contributed by atoms with E-state index < -0.39 is 5.92 Å². The van der Waals surface area contributed by atoms with Gasteiger partial charge in [0.2, 0.25) is 5.91 Å². The number of hydrogen-bond acceptors (Lipinski definition) is 3. The molecular weight excluding hydrogens is 268 g/mol. The number of hydrogen-bond donors (Lipinski definition) is 1. The molecule has 0 spiro atoms. The molecular formula is C16H16N2OS. The third-order valence-corrected chi connectivity index (χ3v) is 4.01. The van der Waals surface area contributed by atoms with Gasteiger partial charge in [-0.2, -0.15) is 5.26 Å². The van der Waals surface area contributed by atoms with E-state index in [1.54, 1.807) is 11.3 Å². The van der Waals surface area contributed by atoms with Gasteiger partial charge in [-0.3, -0.25) is 4.79 Å². The Morgan fingerprint density at radius 3 is 2.85 bits per heavy atom. The highest BCUT2D eigenvalue weighted by atomic mass is 32.1. The van der Waals surface area contributed by atoms with Crippen LogP contribution in [0.2, 0.25) is 0 Å². The van der Waals surface area contributed by atoms with Crippen LogP contribution in [0.3, 0.4) is 0 Å². The summed E-state index contributed by atoms with van der Waals surface area (Å²) in [4.78, 5) is 13.3. The summed E-state index contributed by atoms with van der Waals surface area (Å²) in [5.74, 6) is -0.900. The van der Waals surface area contributed by atoms with Crippen LogP contribution in [0.4, 0.5) is 5.69 Å². The van der Waals surface area contributed by atoms with E-state index in [1.165, 1.54) is 0 Å². The minimum atomic E-state index is -0.659. The number of carbonyl (C=O) groups excluding carboxylic acids is 1. The van der Waals surface area contributed by atoms with E-state index in [0.29, 0.717) is 6.42 Å². The number of carbonyl (C=O) groups is 1. The second-order valence-corrected chi connectivity index (χ2v) is 5.81. The van der Waals surface area contributed by atoms with Gasteiger partial charge in [0, 0.05) is 17.0 Å². The van der Waals surface area contributed by atoms with Crippen LogP contribution in [-0.4, -0.2) is 5.91 Å². The van der Waals surface area contributed by atoms with E-state index in [1.807, 2.05) is 49.6 Å². The normalized spacial score (nSPS) is 11.7. The monoisotopic (exact) mass is 284 g/mol. The minimum Gasteiger partial charge on any atom is -0.325 e. The Labute approximate surface area is 122 Å². The molecule has 0 saturated heterocycles. The molecule has 1 amide bonds. The second-order valence-electron chi connectivity index (χ2n) is 4.77. The standard InChI is InChI=1S/C16H16N2OS/c1-11-5-6-12(2)15(8-11)18-16(19)13(10-17)9-14-4-3-7-20-14/h3-8,13H,9H2,1-2H3,(H,18,19)/t13-/m0/s1. The Morgan fingerprint density at radius 2 is 2.20 bits per heavy atom. The van der Waals surface area contributed by atoms with E-state index >= 15 is 0 Å². The van der Waals surface area contributed by atoms with Gasteiger partial charge in [-0.05, 0) is 42.5 Å². The van der Waals surface area contributed by atoms with Gasteiger partial charge in [-0.15, -0.1) is 11.3 Å². The maximum Gasteiger partial charge on any atom is 0.242 e. The number of amides is 1. The predicted octanol–water partition coefficient (Wildman–Crippen LogP) is 3.69. The first-order valence-corrected chi connectivity index (χ1v) is 7.28. The van der Waals surface area contributed by atoms with Crippen LogP contribution in [-0.2, 0) is 11.2 Å². The van der Waals surface area contributed by atoms with Gasteiger partial charge in [-0.1, -0.05) is 18.2 Å². The molecule has 1 aromatic carbocycles. The molecule has 2 aromatic rings. The first kappa shape index (κ1) is 14.3. The largest absolute Gasteiger partial charge is 0.325 e. The van der Waals surface area contributed by atoms with Crippen LogP contribution in [0, 0.1) is 31.1 Å². The van der Waals surface area contributed by atoms with E-state index in [4.69, 9.17) is 0 Å². The van der Waals surface area contributed by atoms with Crippen LogP contribution in [0.1, 0.15) is 16.0 Å². The predicted molar refractivity (Wildman–Crippen MR) is 81.7 cm³/mol. The molecule has 0 unspecified atom stereocenters. The Hall–Kier alpha value is -2.12. The van der Waals surface area contributed by atoms with Gasteiger partial charge in [0.15, 0.2) is 0 Å². The second kappa shape index (κ2) is 6.36. The third kappa shape index (κ3) is 3.46. The molecule has 1 heterocycles. The first-order valence-electron chi connectivity index (χ1n) is 6.40. The highest BCUT2D eigenvalue weighted by Crippen LogP contribution is 2.19. The fourth-order valence-corrected chi connectivity index (χ4v) is 2.67. The molecule has 0 aliphatic rings. The lowest BCUT2D eigenvalue weighted by Gasteiger charge is -2.12. The number of aryl methyl sites for hydroxylation is 2. The summed E-state index contributed by atoms with van der Waals surface area (Å²) in [5.41, 5.74) is 2.86. The van der Waals surface area contributed by atoms with Crippen molar-refractivity contribution in [2.24, 2.45) is 5.92 Å². The van der Waals surface area contributed by atoms with Crippen LogP contribution >= 0.6 is 11.3 Å². The van der Waals surface area contributed by atoms with Crippen molar-refractivity contribution in [2.75, 3.05) is 5.32 Å². The van der Waals surface area contributed by atoms with Crippen LogP contribution in [0.5, 0.6) is 0 Å². The Kier molecular flexibility index (Phi) is 4.54. The third-order valence-electron chi connectivity index (χ3n) is 3.11. The summed E-state index contributed by atoms with van der Waals surface area (Å²) in [6.07, 6.45) is 0.463. The van der Waals surface area contributed by atoms with Crippen molar-refractivity contribution < 1.29 is 4.79 Å². The molecule has 1 N–H and O–H groups in total. The van der Waals surface area contributed by atoms with Gasteiger partial charge in [-0.25, -0.2) is 0 Å². The van der Waals surface area contributed by atoms with E-state index in [9.17, 15) is 10.1 Å². The van der Waals surface area contributed by atoms with Gasteiger partial charge >= 0.3 is 0 Å². The number of rotatable bonds is 4. The fourth-order valence-electron chi connectivity index (χ4n) is 1.92. The molecule has 0 aliphatic heterocycles. The first-order chi connectivity index (χ1) is 9.60. The summed E-state index contributed by atoms with van der Waals surface area (Å²) in [5, 5.41) is 14.0. The van der Waals surface area contributed by atoms with Crippen molar-refractivity contribution in [1.29, 1.82) is 5.26 Å². The summed E-state index contributed by atoms with van der Waals surface area (Å²) >= 11 is 1.56. The van der Waals surface area contributed by atoms with Gasteiger partial charge in [0.25, 0.3) is 0 Å². The molecule has 0 saturated carbocycles. The van der Waals surface area contributed by atoms with Gasteiger partial charge in [0.1, 0.15) is 5.92 Å². The molecule has 0 bridgehead atoms. The zero-order valence-electron chi connectivity index (χ0n) is 11.5. The van der Waals surface area contributed by atoms with Crippen LogP contribution in [0.25, 0.3) is 0 Å². The van der Waals surface area contributed by atoms with Crippen molar-refractivity contribution >= 4 is 22.9 Å². The number of benzene rings is 1. The van der Waals surface area contributed by atoms with E-state index in [2.05, 4.69) is 11.4 Å². The molecule has 1 aromatic heterocycles. The number of nitrogens with zero attached hydrogens (tertiary/aromatic N) is 1. The molecule has 3 nitrogen and oxygen atoms in total. The summed E-state index contributed by atoms with van der Waals surface area (Å²) < 4.78 is 0. The van der Waals surface area contributed by atoms with Crippen LogP contribution in [0.15, 0.2) is 35.7 Å². The summed E-state index contributed by atoms with van der Waals surface area (Å²) in [6.45, 7) is 3.91. The summed E-state index contributed by atoms with van der Waals surface area (Å²) in [7, 11) is 0. The summed E-state index contributed by atoms with van der Waals surface area (Å²) in [6, 6.07) is 11.8. The molecule has 0 radical (unpaired) electrons. The number of anilines is 1. The molecule has 0 fully saturated rings. The molecule has 4 heteroatoms. The van der Waals surface area contributed by atoms with Crippen LogP contribution < -0.4 is 5.32 Å². The Balaban J connectivity index is 2.10. The van der Waals surface area contributed by atoms with Crippen molar-refractivity contribution in [3.8, 4) is 6.07 Å². The highest BCUT2D eigenvalue weighted by Gasteiger charge is 2.19. The minimum absolute atomic E-state index is 0.241. The molecule has 102 valence electrons. The van der Waals surface area contributed by atoms with Gasteiger partial charge < -0.3 is 5.32 Å². The SMILES string of the molecule is Cc1ccc(C)c(NC(=O)[C@H](C#N)Cc2cccs2)c1. The maximum absolute atomic E-state index is 12.2. The number of nitriles is 1. The lowest BCUT2D eigenvalue weighted by atomic mass is 10.0. The van der Waals surface area contributed by atoms with E-state index in [-0.39, 0.29) is 5.91 Å². The quantitative estimate of drug-likeness (QED) is 0.931. The van der Waals surface area contributed by atoms with Gasteiger partial charge in [0.05, 0.1) is 6.07 Å². The Bertz CT molecular complexity index is 641. The smallest absolute Gasteiger partial charge is 0.242 e. The molecule has 0 aliphatic carbocycles. The number of thiophene rings is 1. The van der Waals surface area contributed by atoms with E-state index in [0.717, 1.165) is 21.7 Å². The zero-order valence-corrected chi connectivity index (χ0v) is 12.3. The lowest BCUT2D eigenvalue weighted by molar-refractivity contribution is -0.118. The topological polar surface area (TPSA) is 52.9 Å². The number of nitrogens with one attached hydrogen (secondary N) is 1. The van der Waals surface area contributed by atoms with Crippen molar-refractivity contribution in [3.63, 3.8) is 0 Å². The average Bonchev–Trinajstić information content (AvgIpc) is 2.93. The average molecular weight is 284 g/mol. The highest BCUT2D eigenvalue weighted by molar-refractivity contribution is 7.09. The van der Waals surface area contributed by atoms with Crippen molar-refractivity contribution in [2.45, 2.75) is 20.3 Å². The fraction of sp³-hybridized carbons (Fsp3) is 0.250. The van der Waals surface area contributed by atoms with Crippen molar-refractivity contribution in [3.05, 3.63) is 51.7 Å². The zero-order chi connectivity index (χ0) is 14.5. The molecule has 20 heavy (non-hydrogen) atoms. The molecule has 2 rings (SSSR count). The maximum atomic E-state index is 12.2.